The Kier molecular flexibility index (Phi) is 5.27. The summed E-state index contributed by atoms with van der Waals surface area (Å²) in [7, 11) is 1.75. The van der Waals surface area contributed by atoms with Crippen LogP contribution >= 0.6 is 11.6 Å². The summed E-state index contributed by atoms with van der Waals surface area (Å²) in [5.74, 6) is 1.36. The van der Waals surface area contributed by atoms with Gasteiger partial charge in [-0.1, -0.05) is 23.7 Å². The van der Waals surface area contributed by atoms with E-state index in [4.69, 9.17) is 16.3 Å². The van der Waals surface area contributed by atoms with Gasteiger partial charge in [0.15, 0.2) is 0 Å². The molecule has 0 radical (unpaired) electrons. The lowest BCUT2D eigenvalue weighted by molar-refractivity contribution is 0.102. The molecule has 0 aliphatic carbocycles. The van der Waals surface area contributed by atoms with Crippen LogP contribution in [0.5, 0.6) is 11.6 Å². The Morgan fingerprint density at radius 3 is 2.66 bits per heavy atom. The van der Waals surface area contributed by atoms with Crippen molar-refractivity contribution in [2.45, 2.75) is 0 Å². The number of hydrogen-bond acceptors (Lipinski definition) is 5. The number of halogens is 1. The molecule has 4 rings (SSSR count). The van der Waals surface area contributed by atoms with E-state index in [1.54, 1.807) is 43.6 Å². The van der Waals surface area contributed by atoms with Crippen molar-refractivity contribution in [1.82, 2.24) is 9.97 Å². The minimum atomic E-state index is -0.199. The van der Waals surface area contributed by atoms with Crippen molar-refractivity contribution in [2.24, 2.45) is 0 Å². The largest absolute Gasteiger partial charge is 0.439 e. The van der Waals surface area contributed by atoms with Crippen molar-refractivity contribution in [3.05, 3.63) is 83.5 Å². The number of fused-ring (bicyclic) bond motifs is 1. The highest BCUT2D eigenvalue weighted by Gasteiger charge is 2.09. The zero-order valence-electron chi connectivity index (χ0n) is 15.5. The Morgan fingerprint density at radius 2 is 1.86 bits per heavy atom. The molecule has 3 aromatic carbocycles. The zero-order chi connectivity index (χ0) is 20.2. The quantitative estimate of drug-likeness (QED) is 0.467. The van der Waals surface area contributed by atoms with E-state index < -0.39 is 0 Å². The van der Waals surface area contributed by atoms with Crippen LogP contribution in [-0.2, 0) is 0 Å². The van der Waals surface area contributed by atoms with E-state index in [-0.39, 0.29) is 5.91 Å². The average Bonchev–Trinajstić information content (AvgIpc) is 2.74. The number of anilines is 2. The number of rotatable bonds is 5. The van der Waals surface area contributed by atoms with Crippen LogP contribution in [0.15, 0.2) is 72.9 Å². The van der Waals surface area contributed by atoms with Gasteiger partial charge >= 0.3 is 0 Å². The number of amides is 1. The Labute approximate surface area is 172 Å². The van der Waals surface area contributed by atoms with Crippen LogP contribution in [0.4, 0.5) is 11.6 Å². The number of ether oxygens (including phenoxy) is 1. The summed E-state index contributed by atoms with van der Waals surface area (Å²) in [6, 6.07) is 19.8. The highest BCUT2D eigenvalue weighted by Crippen LogP contribution is 2.29. The van der Waals surface area contributed by atoms with Crippen molar-refractivity contribution in [3.63, 3.8) is 0 Å². The van der Waals surface area contributed by atoms with E-state index >= 15 is 0 Å². The van der Waals surface area contributed by atoms with Crippen LogP contribution in [0.25, 0.3) is 10.8 Å². The summed E-state index contributed by atoms with van der Waals surface area (Å²) in [4.78, 5) is 20.9. The minimum Gasteiger partial charge on any atom is -0.439 e. The Balaban J connectivity index is 1.58. The summed E-state index contributed by atoms with van der Waals surface area (Å²) >= 11 is 5.89. The number of benzene rings is 3. The van der Waals surface area contributed by atoms with Gasteiger partial charge in [-0.05, 0) is 53.9 Å². The Hall–Kier alpha value is -3.64. The maximum absolute atomic E-state index is 12.5. The number of carbonyl (C=O) groups excluding carboxylic acids is 1. The standard InChI is InChI=1S/C22H17ClN4O2/c1-24-22-25-12-11-20(27-22)29-17-9-10-18-15(13-17)3-2-4-19(18)26-21(28)14-5-7-16(23)8-6-14/h2-13H,1H3,(H,26,28)(H,24,25,27). The molecule has 29 heavy (non-hydrogen) atoms. The molecule has 6 nitrogen and oxygen atoms in total. The van der Waals surface area contributed by atoms with Crippen LogP contribution in [0.2, 0.25) is 5.02 Å². The summed E-state index contributed by atoms with van der Waals surface area (Å²) in [6.45, 7) is 0. The third-order valence-corrected chi connectivity index (χ3v) is 4.53. The van der Waals surface area contributed by atoms with Crippen molar-refractivity contribution in [2.75, 3.05) is 17.7 Å². The lowest BCUT2D eigenvalue weighted by Crippen LogP contribution is -2.11. The van der Waals surface area contributed by atoms with Crippen molar-refractivity contribution < 1.29 is 9.53 Å². The van der Waals surface area contributed by atoms with Crippen molar-refractivity contribution in [1.29, 1.82) is 0 Å². The lowest BCUT2D eigenvalue weighted by Gasteiger charge is -2.11. The van der Waals surface area contributed by atoms with E-state index in [1.807, 2.05) is 36.4 Å². The van der Waals surface area contributed by atoms with E-state index in [1.165, 1.54) is 0 Å². The SMILES string of the molecule is CNc1nccc(Oc2ccc3c(NC(=O)c4ccc(Cl)cc4)cccc3c2)n1. The number of aromatic nitrogens is 2. The molecule has 144 valence electrons. The number of hydrogen-bond donors (Lipinski definition) is 2. The fourth-order valence-electron chi connectivity index (χ4n) is 2.87. The normalized spacial score (nSPS) is 10.6. The first-order chi connectivity index (χ1) is 14.1. The molecule has 0 saturated carbocycles. The first kappa shape index (κ1) is 18.7. The predicted octanol–water partition coefficient (Wildman–Crippen LogP) is 5.37. The smallest absolute Gasteiger partial charge is 0.255 e. The van der Waals surface area contributed by atoms with Crippen LogP contribution in [0, 0.1) is 0 Å². The Bertz CT molecular complexity index is 1180. The predicted molar refractivity (Wildman–Crippen MR) is 115 cm³/mol. The third-order valence-electron chi connectivity index (χ3n) is 4.28. The molecule has 0 saturated heterocycles. The van der Waals surface area contributed by atoms with Crippen LogP contribution in [0.3, 0.4) is 0 Å². The molecule has 0 atom stereocenters. The van der Waals surface area contributed by atoms with E-state index in [2.05, 4.69) is 20.6 Å². The summed E-state index contributed by atoms with van der Waals surface area (Å²) in [5, 5.41) is 8.25. The van der Waals surface area contributed by atoms with Gasteiger partial charge in [0.25, 0.3) is 5.91 Å². The maximum atomic E-state index is 12.5. The Morgan fingerprint density at radius 1 is 1.03 bits per heavy atom. The molecule has 2 N–H and O–H groups in total. The molecule has 1 amide bonds. The first-order valence-corrected chi connectivity index (χ1v) is 9.28. The monoisotopic (exact) mass is 404 g/mol. The highest BCUT2D eigenvalue weighted by molar-refractivity contribution is 6.30. The zero-order valence-corrected chi connectivity index (χ0v) is 16.3. The van der Waals surface area contributed by atoms with Gasteiger partial charge in [0, 0.05) is 41.0 Å². The fourth-order valence-corrected chi connectivity index (χ4v) is 3.00. The first-order valence-electron chi connectivity index (χ1n) is 8.91. The molecule has 0 unspecified atom stereocenters. The third kappa shape index (κ3) is 4.28. The summed E-state index contributed by atoms with van der Waals surface area (Å²) < 4.78 is 5.84. The average molecular weight is 405 g/mol. The maximum Gasteiger partial charge on any atom is 0.255 e. The van der Waals surface area contributed by atoms with Gasteiger partial charge in [0.05, 0.1) is 0 Å². The van der Waals surface area contributed by atoms with Gasteiger partial charge in [-0.15, -0.1) is 0 Å². The van der Waals surface area contributed by atoms with Gasteiger partial charge in [0.1, 0.15) is 5.75 Å². The van der Waals surface area contributed by atoms with Gasteiger partial charge in [-0.25, -0.2) is 4.98 Å². The lowest BCUT2D eigenvalue weighted by atomic mass is 10.1. The second-order valence-corrected chi connectivity index (χ2v) is 6.66. The fraction of sp³-hybridized carbons (Fsp3) is 0.0455. The minimum absolute atomic E-state index is 0.199. The van der Waals surface area contributed by atoms with Gasteiger partial charge in [-0.3, -0.25) is 4.79 Å². The van der Waals surface area contributed by atoms with Gasteiger partial charge in [-0.2, -0.15) is 4.98 Å². The van der Waals surface area contributed by atoms with E-state index in [0.29, 0.717) is 33.9 Å². The topological polar surface area (TPSA) is 76.1 Å². The molecule has 0 bridgehead atoms. The summed E-state index contributed by atoms with van der Waals surface area (Å²) in [6.07, 6.45) is 1.62. The molecular formula is C22H17ClN4O2. The molecule has 0 aliphatic rings. The molecule has 0 spiro atoms. The van der Waals surface area contributed by atoms with Crippen molar-refractivity contribution in [3.8, 4) is 11.6 Å². The second kappa shape index (κ2) is 8.16. The van der Waals surface area contributed by atoms with E-state index in [0.717, 1.165) is 10.8 Å². The highest BCUT2D eigenvalue weighted by atomic mass is 35.5. The molecule has 1 heterocycles. The van der Waals surface area contributed by atoms with Gasteiger partial charge in [0.2, 0.25) is 11.8 Å². The molecule has 1 aromatic heterocycles. The second-order valence-electron chi connectivity index (χ2n) is 6.22. The summed E-state index contributed by atoms with van der Waals surface area (Å²) in [5.41, 5.74) is 1.25. The van der Waals surface area contributed by atoms with Crippen molar-refractivity contribution >= 4 is 39.9 Å². The number of carbonyl (C=O) groups is 1. The molecule has 7 heteroatoms. The molecule has 0 aliphatic heterocycles. The number of nitrogens with one attached hydrogen (secondary N) is 2. The van der Waals surface area contributed by atoms with E-state index in [9.17, 15) is 4.79 Å². The molecular weight excluding hydrogens is 388 g/mol. The number of nitrogens with zero attached hydrogens (tertiary/aromatic N) is 2. The molecule has 4 aromatic rings. The van der Waals surface area contributed by atoms with Crippen LogP contribution in [-0.4, -0.2) is 22.9 Å². The van der Waals surface area contributed by atoms with Gasteiger partial charge < -0.3 is 15.4 Å². The molecule has 0 fully saturated rings. The van der Waals surface area contributed by atoms with Crippen LogP contribution < -0.4 is 15.4 Å². The van der Waals surface area contributed by atoms with Crippen LogP contribution in [0.1, 0.15) is 10.4 Å².